The van der Waals surface area contributed by atoms with Crippen molar-refractivity contribution in [3.05, 3.63) is 309 Å². The van der Waals surface area contributed by atoms with Gasteiger partial charge in [-0.2, -0.15) is 0 Å². The summed E-state index contributed by atoms with van der Waals surface area (Å²) in [7, 11) is 0. The fourth-order valence-corrected chi connectivity index (χ4v) is 13.0. The molecular weight excluding hydrogens is 989 g/mol. The Bertz CT molecular complexity index is 3950. The van der Waals surface area contributed by atoms with E-state index >= 15 is 0 Å². The number of nitrogens with zero attached hydrogens (tertiary/aromatic N) is 2. The molecule has 2 aliphatic rings. The van der Waals surface area contributed by atoms with Crippen LogP contribution in [0.15, 0.2) is 243 Å². The first-order valence-electron chi connectivity index (χ1n) is 28.9. The molecule has 0 radical (unpaired) electrons. The maximum atomic E-state index is 2.43. The number of aryl methyl sites for hydroxylation is 4. The maximum Gasteiger partial charge on any atom is 0.0466 e. The molecule has 2 nitrogen and oxygen atoms in total. The van der Waals surface area contributed by atoms with Gasteiger partial charge in [0.05, 0.1) is 0 Å². The molecule has 0 atom stereocenters. The van der Waals surface area contributed by atoms with Crippen molar-refractivity contribution in [2.45, 2.75) is 66.2 Å². The number of fused-ring (bicyclic) bond motifs is 6. The van der Waals surface area contributed by atoms with Crippen molar-refractivity contribution in [3.63, 3.8) is 0 Å². The summed E-state index contributed by atoms with van der Waals surface area (Å²) in [6, 6.07) is 89.9. The molecule has 0 unspecified atom stereocenters. The van der Waals surface area contributed by atoms with E-state index in [9.17, 15) is 0 Å². The normalized spacial score (nSPS) is 13.5. The third-order valence-corrected chi connectivity index (χ3v) is 17.2. The Kier molecular flexibility index (Phi) is 13.2. The second-order valence-electron chi connectivity index (χ2n) is 23.8. The molecule has 0 saturated heterocycles. The zero-order valence-electron chi connectivity index (χ0n) is 48.3. The maximum absolute atomic E-state index is 2.43. The molecular formula is C80H68N2. The van der Waals surface area contributed by atoms with Crippen LogP contribution in [0.5, 0.6) is 0 Å². The van der Waals surface area contributed by atoms with Crippen LogP contribution in [0.25, 0.3) is 68.8 Å². The molecule has 0 saturated carbocycles. The van der Waals surface area contributed by atoms with Crippen LogP contribution in [-0.4, -0.2) is 0 Å². The van der Waals surface area contributed by atoms with E-state index in [1.165, 1.54) is 123 Å². The molecule has 82 heavy (non-hydrogen) atoms. The molecule has 398 valence electrons. The highest BCUT2D eigenvalue weighted by Crippen LogP contribution is 2.53. The molecule has 13 rings (SSSR count). The lowest BCUT2D eigenvalue weighted by Gasteiger charge is -2.29. The quantitative estimate of drug-likeness (QED) is 0.113. The Balaban J connectivity index is 0.715. The van der Waals surface area contributed by atoms with Crippen molar-refractivity contribution in [1.29, 1.82) is 0 Å². The van der Waals surface area contributed by atoms with Gasteiger partial charge in [-0.25, -0.2) is 0 Å². The van der Waals surface area contributed by atoms with E-state index in [1.54, 1.807) is 0 Å². The summed E-state index contributed by atoms with van der Waals surface area (Å²) in [4.78, 5) is 4.83. The summed E-state index contributed by atoms with van der Waals surface area (Å²) in [5, 5.41) is 0. The molecule has 0 aromatic heterocycles. The van der Waals surface area contributed by atoms with Crippen LogP contribution in [0.4, 0.5) is 34.1 Å². The number of hydrogen-bond acceptors (Lipinski definition) is 2. The molecule has 0 heterocycles. The van der Waals surface area contributed by atoms with Crippen LogP contribution in [0.2, 0.25) is 0 Å². The highest BCUT2D eigenvalue weighted by atomic mass is 15.1. The number of benzene rings is 11. The summed E-state index contributed by atoms with van der Waals surface area (Å²) in [6.45, 7) is 18.3. The summed E-state index contributed by atoms with van der Waals surface area (Å²) in [5.41, 5.74) is 31.8. The van der Waals surface area contributed by atoms with Crippen LogP contribution >= 0.6 is 0 Å². The molecule has 0 aliphatic heterocycles. The van der Waals surface area contributed by atoms with Gasteiger partial charge in [0.15, 0.2) is 0 Å². The fraction of sp³-hybridized carbons (Fsp3) is 0.125. The zero-order chi connectivity index (χ0) is 56.3. The Hall–Kier alpha value is -9.50. The molecule has 2 heteroatoms. The van der Waals surface area contributed by atoms with Crippen molar-refractivity contribution in [1.82, 2.24) is 0 Å². The number of hydrogen-bond donors (Lipinski definition) is 0. The van der Waals surface area contributed by atoms with Gasteiger partial charge in [-0.1, -0.05) is 222 Å². The Morgan fingerprint density at radius 3 is 0.878 bits per heavy atom. The second-order valence-corrected chi connectivity index (χ2v) is 23.8. The van der Waals surface area contributed by atoms with Crippen molar-refractivity contribution >= 4 is 58.4 Å². The van der Waals surface area contributed by atoms with Crippen LogP contribution < -0.4 is 9.80 Å². The molecule has 0 N–H and O–H groups in total. The van der Waals surface area contributed by atoms with E-state index in [1.807, 2.05) is 0 Å². The van der Waals surface area contributed by atoms with Crippen molar-refractivity contribution in [2.24, 2.45) is 0 Å². The van der Waals surface area contributed by atoms with E-state index in [0.29, 0.717) is 0 Å². The molecule has 2 aliphatic carbocycles. The second kappa shape index (κ2) is 20.9. The lowest BCUT2D eigenvalue weighted by atomic mass is 9.81. The van der Waals surface area contributed by atoms with Crippen LogP contribution in [0.3, 0.4) is 0 Å². The van der Waals surface area contributed by atoms with Gasteiger partial charge in [0.2, 0.25) is 0 Å². The monoisotopic (exact) mass is 1060 g/mol. The summed E-state index contributed by atoms with van der Waals surface area (Å²) in [6.07, 6.45) is 8.99. The van der Waals surface area contributed by atoms with E-state index in [4.69, 9.17) is 0 Å². The van der Waals surface area contributed by atoms with E-state index < -0.39 is 0 Å². The van der Waals surface area contributed by atoms with E-state index in [2.05, 4.69) is 332 Å². The molecule has 11 aromatic rings. The van der Waals surface area contributed by atoms with Crippen molar-refractivity contribution < 1.29 is 0 Å². The van der Waals surface area contributed by atoms with E-state index in [-0.39, 0.29) is 10.8 Å². The molecule has 0 bridgehead atoms. The zero-order valence-corrected chi connectivity index (χ0v) is 48.3. The average molecular weight is 1060 g/mol. The molecule has 0 fully saturated rings. The smallest absolute Gasteiger partial charge is 0.0466 e. The largest absolute Gasteiger partial charge is 0.310 e. The van der Waals surface area contributed by atoms with Gasteiger partial charge in [0.25, 0.3) is 0 Å². The van der Waals surface area contributed by atoms with Gasteiger partial charge in [0.1, 0.15) is 0 Å². The Labute approximate surface area is 485 Å². The van der Waals surface area contributed by atoms with Crippen LogP contribution in [-0.2, 0) is 10.8 Å². The van der Waals surface area contributed by atoms with Crippen molar-refractivity contribution in [2.75, 3.05) is 9.80 Å². The van der Waals surface area contributed by atoms with Gasteiger partial charge in [-0.3, -0.25) is 0 Å². The van der Waals surface area contributed by atoms with Gasteiger partial charge < -0.3 is 9.80 Å². The lowest BCUT2D eigenvalue weighted by Crippen LogP contribution is -2.17. The van der Waals surface area contributed by atoms with Gasteiger partial charge in [-0.15, -0.1) is 0 Å². The number of rotatable bonds is 12. The lowest BCUT2D eigenvalue weighted by molar-refractivity contribution is 0.660. The fourth-order valence-electron chi connectivity index (χ4n) is 13.0. The standard InChI is InChI=1S/C80H68N2/c1-53-43-54(2)46-69(45-53)81(65-33-29-63(30-34-65)61-15-11-9-12-16-61)67-37-41-73-71-39-27-59(49-75(71)79(5,6)77(73)51-67)25-23-57-19-21-58(22-20-57)24-26-60-28-40-72-74-42-38-68(52-78(74)80(7,8)76(72)50-60)82(70-47-55(3)44-56(4)48-70)66-35-31-64(32-36-66)62-17-13-10-14-18-62/h9-52H,1-8H3. The summed E-state index contributed by atoms with van der Waals surface area (Å²) in [5.74, 6) is 0. The Morgan fingerprint density at radius 1 is 0.244 bits per heavy atom. The van der Waals surface area contributed by atoms with Gasteiger partial charge in [0, 0.05) is 45.0 Å². The van der Waals surface area contributed by atoms with Crippen LogP contribution in [0.1, 0.15) is 94.5 Å². The molecule has 11 aromatic carbocycles. The highest BCUT2D eigenvalue weighted by Gasteiger charge is 2.38. The van der Waals surface area contributed by atoms with E-state index in [0.717, 1.165) is 22.7 Å². The SMILES string of the molecule is Cc1cc(C)cc(N(c2ccc(-c3ccccc3)cc2)c2ccc3c(c2)C(C)(C)c2cc(C=Cc4ccc(C=Cc5ccc6c(c5)C(C)(C)c5cc(N(c7ccc(-c8ccccc8)cc7)c7cc(C)cc(C)c7)ccc5-6)cc4)ccc2-3)c1. The van der Waals surface area contributed by atoms with Gasteiger partial charge >= 0.3 is 0 Å². The Morgan fingerprint density at radius 2 is 0.524 bits per heavy atom. The first kappa shape index (κ1) is 51.9. The predicted octanol–water partition coefficient (Wildman–Crippen LogP) is 22.1. The minimum atomic E-state index is -0.188. The first-order valence-corrected chi connectivity index (χ1v) is 28.9. The highest BCUT2D eigenvalue weighted by molar-refractivity contribution is 5.90. The summed E-state index contributed by atoms with van der Waals surface area (Å²) < 4.78 is 0. The minimum absolute atomic E-state index is 0.188. The average Bonchev–Trinajstić information content (AvgIpc) is 2.79. The van der Waals surface area contributed by atoms with Crippen LogP contribution in [0, 0.1) is 27.7 Å². The third-order valence-electron chi connectivity index (χ3n) is 17.2. The molecule has 0 spiro atoms. The number of anilines is 6. The van der Waals surface area contributed by atoms with Crippen molar-refractivity contribution in [3.8, 4) is 44.5 Å². The first-order chi connectivity index (χ1) is 39.7. The topological polar surface area (TPSA) is 6.48 Å². The molecule has 0 amide bonds. The van der Waals surface area contributed by atoms with Gasteiger partial charge in [-0.05, 0) is 212 Å². The third kappa shape index (κ3) is 9.79. The predicted molar refractivity (Wildman–Crippen MR) is 351 cm³/mol. The minimum Gasteiger partial charge on any atom is -0.310 e. The summed E-state index contributed by atoms with van der Waals surface area (Å²) >= 11 is 0.